The van der Waals surface area contributed by atoms with E-state index in [1.807, 2.05) is 0 Å². The lowest BCUT2D eigenvalue weighted by atomic mass is 10.0. The first-order valence-electron chi connectivity index (χ1n) is 9.37. The van der Waals surface area contributed by atoms with Crippen LogP contribution in [-0.4, -0.2) is 36.1 Å². The zero-order valence-corrected chi connectivity index (χ0v) is 16.0. The Bertz CT molecular complexity index is 1270. The molecule has 7 nitrogen and oxygen atoms in total. The highest BCUT2D eigenvalue weighted by Crippen LogP contribution is 2.37. The molecular formula is C19H13F6N7. The smallest absolute Gasteiger partial charge is 0.348 e. The number of nitrogens with zero attached hydrogens (tertiary/aromatic N) is 6. The van der Waals surface area contributed by atoms with E-state index in [1.54, 1.807) is 4.90 Å². The quantitative estimate of drug-likeness (QED) is 0.464. The number of imidazole rings is 1. The van der Waals surface area contributed by atoms with Crippen LogP contribution < -0.4 is 4.90 Å². The van der Waals surface area contributed by atoms with E-state index < -0.39 is 29.7 Å². The highest BCUT2D eigenvalue weighted by atomic mass is 19.4. The molecule has 1 aliphatic heterocycles. The van der Waals surface area contributed by atoms with Gasteiger partial charge in [0, 0.05) is 31.1 Å². The Morgan fingerprint density at radius 3 is 2.41 bits per heavy atom. The van der Waals surface area contributed by atoms with E-state index in [9.17, 15) is 26.3 Å². The number of fused-ring (bicyclic) bond motifs is 2. The lowest BCUT2D eigenvalue weighted by Crippen LogP contribution is -2.37. The van der Waals surface area contributed by atoms with Gasteiger partial charge in [0.05, 0.1) is 28.8 Å². The van der Waals surface area contributed by atoms with E-state index in [0.29, 0.717) is 31.1 Å². The highest BCUT2D eigenvalue weighted by molar-refractivity contribution is 5.53. The summed E-state index contributed by atoms with van der Waals surface area (Å²) in [7, 11) is 0. The Kier molecular flexibility index (Phi) is 4.39. The molecule has 1 aliphatic rings. The van der Waals surface area contributed by atoms with Gasteiger partial charge in [0.25, 0.3) is 0 Å². The molecule has 13 heteroatoms. The molecule has 5 heterocycles. The summed E-state index contributed by atoms with van der Waals surface area (Å²) in [5.41, 5.74) is -0.249. The summed E-state index contributed by atoms with van der Waals surface area (Å²) in [5, 5.41) is 4.18. The third-order valence-corrected chi connectivity index (χ3v) is 5.22. The van der Waals surface area contributed by atoms with Gasteiger partial charge in [-0.2, -0.15) is 31.4 Å². The highest BCUT2D eigenvalue weighted by Gasteiger charge is 2.38. The molecule has 4 aromatic heterocycles. The Balaban J connectivity index is 1.63. The Morgan fingerprint density at radius 2 is 1.72 bits per heavy atom. The summed E-state index contributed by atoms with van der Waals surface area (Å²) < 4.78 is 79.8. The van der Waals surface area contributed by atoms with Crippen molar-refractivity contribution in [2.45, 2.75) is 24.8 Å². The molecule has 4 aromatic rings. The molecule has 0 spiro atoms. The molecular weight excluding hydrogens is 440 g/mol. The van der Waals surface area contributed by atoms with Gasteiger partial charge in [0.1, 0.15) is 11.7 Å². The fraction of sp³-hybridized carbons (Fsp3) is 0.263. The number of pyridine rings is 1. The Hall–Kier alpha value is -3.64. The average molecular weight is 453 g/mol. The van der Waals surface area contributed by atoms with Crippen LogP contribution in [0.4, 0.5) is 32.3 Å². The molecule has 0 aliphatic carbocycles. The maximum absolute atomic E-state index is 13.4. The topological polar surface area (TPSA) is 75.0 Å². The minimum atomic E-state index is -4.62. The molecule has 5 rings (SSSR count). The minimum absolute atomic E-state index is 0.00949. The van der Waals surface area contributed by atoms with Crippen molar-refractivity contribution in [3.63, 3.8) is 0 Å². The lowest BCUT2D eigenvalue weighted by molar-refractivity contribution is -0.142. The molecule has 32 heavy (non-hydrogen) atoms. The fourth-order valence-electron chi connectivity index (χ4n) is 3.79. The second kappa shape index (κ2) is 6.93. The second-order valence-corrected chi connectivity index (χ2v) is 7.20. The van der Waals surface area contributed by atoms with Crippen molar-refractivity contribution < 1.29 is 26.3 Å². The minimum Gasteiger partial charge on any atom is -0.348 e. The third kappa shape index (κ3) is 3.33. The van der Waals surface area contributed by atoms with Crippen molar-refractivity contribution in [3.8, 4) is 0 Å². The van der Waals surface area contributed by atoms with Crippen molar-refractivity contribution in [2.24, 2.45) is 0 Å². The molecule has 0 bridgehead atoms. The van der Waals surface area contributed by atoms with E-state index in [-0.39, 0.29) is 17.2 Å². The fourth-order valence-corrected chi connectivity index (χ4v) is 3.79. The van der Waals surface area contributed by atoms with Gasteiger partial charge in [-0.05, 0) is 18.2 Å². The number of alkyl halides is 6. The van der Waals surface area contributed by atoms with Crippen molar-refractivity contribution in [1.29, 1.82) is 0 Å². The van der Waals surface area contributed by atoms with Crippen molar-refractivity contribution in [2.75, 3.05) is 11.4 Å². The molecule has 0 saturated carbocycles. The van der Waals surface area contributed by atoms with E-state index in [0.717, 1.165) is 16.3 Å². The van der Waals surface area contributed by atoms with E-state index >= 15 is 0 Å². The number of nitrogens with one attached hydrogen (secondary N) is 1. The van der Waals surface area contributed by atoms with Crippen molar-refractivity contribution in [1.82, 2.24) is 29.5 Å². The number of hydrogen-bond acceptors (Lipinski definition) is 5. The van der Waals surface area contributed by atoms with Gasteiger partial charge in [-0.25, -0.2) is 19.5 Å². The number of H-pyrrole nitrogens is 1. The molecule has 0 fully saturated rings. The van der Waals surface area contributed by atoms with Crippen molar-refractivity contribution in [3.05, 3.63) is 71.3 Å². The van der Waals surface area contributed by atoms with Gasteiger partial charge >= 0.3 is 12.4 Å². The van der Waals surface area contributed by atoms with Crippen LogP contribution in [0.25, 0.3) is 5.52 Å². The number of anilines is 1. The van der Waals surface area contributed by atoms with E-state index in [4.69, 9.17) is 0 Å². The molecule has 1 N–H and O–H groups in total. The zero-order chi connectivity index (χ0) is 22.7. The van der Waals surface area contributed by atoms with E-state index in [2.05, 4.69) is 25.0 Å². The van der Waals surface area contributed by atoms with Gasteiger partial charge < -0.3 is 9.88 Å². The predicted molar refractivity (Wildman–Crippen MR) is 98.7 cm³/mol. The largest absolute Gasteiger partial charge is 0.433 e. The van der Waals surface area contributed by atoms with Gasteiger partial charge in [-0.1, -0.05) is 6.07 Å². The summed E-state index contributed by atoms with van der Waals surface area (Å²) in [6.45, 7) is 0.297. The Labute approximate surface area is 175 Å². The van der Waals surface area contributed by atoms with Crippen LogP contribution in [-0.2, 0) is 18.8 Å². The van der Waals surface area contributed by atoms with Crippen LogP contribution >= 0.6 is 0 Å². The maximum Gasteiger partial charge on any atom is 0.433 e. The summed E-state index contributed by atoms with van der Waals surface area (Å²) in [4.78, 5) is 16.6. The summed E-state index contributed by atoms with van der Waals surface area (Å²) in [6.07, 6.45) is -5.95. The van der Waals surface area contributed by atoms with Gasteiger partial charge in [-0.15, -0.1) is 0 Å². The molecule has 1 atom stereocenters. The molecule has 0 aromatic carbocycles. The van der Waals surface area contributed by atoms with Gasteiger partial charge in [0.15, 0.2) is 0 Å². The number of rotatable bonds is 2. The molecule has 0 radical (unpaired) electrons. The van der Waals surface area contributed by atoms with Crippen LogP contribution in [0.1, 0.15) is 34.4 Å². The van der Waals surface area contributed by atoms with Crippen LogP contribution in [0.5, 0.6) is 0 Å². The summed E-state index contributed by atoms with van der Waals surface area (Å²) >= 11 is 0. The van der Waals surface area contributed by atoms with Gasteiger partial charge in [0.2, 0.25) is 5.95 Å². The molecule has 0 amide bonds. The number of hydrogen-bond donors (Lipinski definition) is 1. The first kappa shape index (κ1) is 20.3. The van der Waals surface area contributed by atoms with Crippen molar-refractivity contribution >= 4 is 11.5 Å². The first-order chi connectivity index (χ1) is 15.1. The number of aromatic nitrogens is 6. The lowest BCUT2D eigenvalue weighted by Gasteiger charge is -2.33. The summed E-state index contributed by atoms with van der Waals surface area (Å²) in [6, 6.07) is 4.38. The maximum atomic E-state index is 13.4. The second-order valence-electron chi connectivity index (χ2n) is 7.20. The van der Waals surface area contributed by atoms with Crippen LogP contribution in [0, 0.1) is 0 Å². The third-order valence-electron chi connectivity index (χ3n) is 5.22. The predicted octanol–water partition coefficient (Wildman–Crippen LogP) is 4.04. The van der Waals surface area contributed by atoms with Gasteiger partial charge in [-0.3, -0.25) is 0 Å². The number of aromatic amines is 1. The first-order valence-corrected chi connectivity index (χ1v) is 9.37. The monoisotopic (exact) mass is 453 g/mol. The zero-order valence-electron chi connectivity index (χ0n) is 16.0. The van der Waals surface area contributed by atoms with Crippen LogP contribution in [0.2, 0.25) is 0 Å². The van der Waals surface area contributed by atoms with E-state index in [1.165, 1.54) is 24.5 Å². The summed E-state index contributed by atoms with van der Waals surface area (Å²) in [5.74, 6) is -0.00949. The molecule has 1 unspecified atom stereocenters. The Morgan fingerprint density at radius 1 is 0.969 bits per heavy atom. The number of halogens is 6. The molecule has 166 valence electrons. The normalized spacial score (nSPS) is 17.1. The van der Waals surface area contributed by atoms with Crippen LogP contribution in [0.3, 0.4) is 0 Å². The SMILES string of the molecule is FC(F)(F)c1cnc(N2CCc3[nH]cnc3C2c2cc3cccc(C(F)(F)F)n3n2)nc1. The standard InChI is InChI=1S/C19H13F6N7/c20-18(21,22)10-7-26-17(27-8-10)31-5-4-12-15(29-9-28-12)16(31)13-6-11-2-1-3-14(19(23,24)25)32(11)30-13/h1-3,6-9,16H,4-5H2,(H,28,29). The van der Waals surface area contributed by atoms with Crippen LogP contribution in [0.15, 0.2) is 43.0 Å². The average Bonchev–Trinajstić information content (AvgIpc) is 3.38. The molecule has 0 saturated heterocycles.